The van der Waals surface area contributed by atoms with E-state index in [1.165, 1.54) is 39.2 Å². The number of benzene rings is 1. The van der Waals surface area contributed by atoms with E-state index in [-0.39, 0.29) is 30.4 Å². The highest BCUT2D eigenvalue weighted by Gasteiger charge is 2.86. The van der Waals surface area contributed by atoms with Gasteiger partial charge in [-0.2, -0.15) is 0 Å². The Labute approximate surface area is 308 Å². The fourth-order valence-electron chi connectivity index (χ4n) is 10.2. The molecular weight excluding hydrogens is 686 g/mol. The van der Waals surface area contributed by atoms with Gasteiger partial charge in [-0.15, -0.1) is 0 Å². The van der Waals surface area contributed by atoms with Gasteiger partial charge in [0.05, 0.1) is 34.0 Å². The zero-order valence-corrected chi connectivity index (χ0v) is 31.0. The molecule has 13 heteroatoms. The fourth-order valence-corrected chi connectivity index (χ4v) is 10.2. The second-order valence-corrected chi connectivity index (χ2v) is 15.8. The van der Waals surface area contributed by atoms with Gasteiger partial charge in [0.1, 0.15) is 36.3 Å². The summed E-state index contributed by atoms with van der Waals surface area (Å²) in [7, 11) is 0. The van der Waals surface area contributed by atoms with Crippen molar-refractivity contribution in [2.75, 3.05) is 6.61 Å². The molecule has 2 bridgehead atoms. The van der Waals surface area contributed by atoms with Crippen molar-refractivity contribution in [2.45, 2.75) is 97.2 Å². The molecule has 0 amide bonds. The maximum atomic E-state index is 15.8. The normalized spacial score (nSPS) is 36.3. The van der Waals surface area contributed by atoms with E-state index in [1.54, 1.807) is 50.2 Å². The number of carbonyl (C=O) groups excluding carboxylic acids is 6. The number of aromatic nitrogens is 1. The van der Waals surface area contributed by atoms with Gasteiger partial charge in [-0.3, -0.25) is 24.2 Å². The molecule has 2 aromatic rings. The summed E-state index contributed by atoms with van der Waals surface area (Å²) in [5, 5.41) is 12.9. The molecule has 4 aliphatic rings. The van der Waals surface area contributed by atoms with Crippen molar-refractivity contribution >= 4 is 35.6 Å². The van der Waals surface area contributed by atoms with E-state index in [9.17, 15) is 29.1 Å². The Morgan fingerprint density at radius 1 is 0.868 bits per heavy atom. The number of ether oxygens (including phenoxy) is 5. The number of Topliss-reactive ketones (excluding diaryl/α,β-unsaturated/α-hetero) is 1. The van der Waals surface area contributed by atoms with Gasteiger partial charge in [-0.25, -0.2) is 9.59 Å². The first-order valence-corrected chi connectivity index (χ1v) is 18.1. The molecule has 13 nitrogen and oxygen atoms in total. The second kappa shape index (κ2) is 13.6. The van der Waals surface area contributed by atoms with Gasteiger partial charge in [0.25, 0.3) is 0 Å². The van der Waals surface area contributed by atoms with Crippen LogP contribution in [0.3, 0.4) is 0 Å². The second-order valence-electron chi connectivity index (χ2n) is 15.8. The maximum Gasteiger partial charge on any atom is 0.339 e. The van der Waals surface area contributed by atoms with Crippen molar-refractivity contribution in [2.24, 2.45) is 40.4 Å². The van der Waals surface area contributed by atoms with E-state index in [0.717, 1.165) is 0 Å². The largest absolute Gasteiger partial charge is 0.462 e. The lowest BCUT2D eigenvalue weighted by Gasteiger charge is -2.48. The molecule has 0 radical (unpaired) electrons. The Balaban J connectivity index is 1.62. The number of rotatable bonds is 9. The van der Waals surface area contributed by atoms with Crippen molar-refractivity contribution in [1.29, 1.82) is 0 Å². The minimum absolute atomic E-state index is 0.00340. The summed E-state index contributed by atoms with van der Waals surface area (Å²) in [4.78, 5) is 86.4. The average molecular weight is 734 g/mol. The topological polar surface area (TPSA) is 182 Å². The van der Waals surface area contributed by atoms with E-state index in [1.807, 2.05) is 13.8 Å². The molecule has 1 aromatic carbocycles. The van der Waals surface area contributed by atoms with Crippen molar-refractivity contribution < 1.29 is 57.6 Å². The Hall–Kier alpha value is -4.65. The predicted molar refractivity (Wildman–Crippen MR) is 185 cm³/mol. The first-order valence-electron chi connectivity index (χ1n) is 18.1. The minimum Gasteiger partial charge on any atom is -0.462 e. The molecule has 0 saturated heterocycles. The summed E-state index contributed by atoms with van der Waals surface area (Å²) in [6.45, 7) is 10.5. The van der Waals surface area contributed by atoms with Crippen molar-refractivity contribution in [3.05, 3.63) is 66.0 Å². The summed E-state index contributed by atoms with van der Waals surface area (Å²) in [5.74, 6) is -9.06. The highest BCUT2D eigenvalue weighted by molar-refractivity contribution is 5.94. The van der Waals surface area contributed by atoms with Gasteiger partial charge in [-0.05, 0) is 43.5 Å². The van der Waals surface area contributed by atoms with Gasteiger partial charge in [0, 0.05) is 56.3 Å². The molecule has 6 rings (SSSR count). The molecule has 0 aliphatic heterocycles. The van der Waals surface area contributed by atoms with E-state index in [2.05, 4.69) is 4.98 Å². The van der Waals surface area contributed by atoms with E-state index in [0.29, 0.717) is 0 Å². The first-order chi connectivity index (χ1) is 24.9. The number of nitrogens with zero attached hydrogens (tertiary/aromatic N) is 1. The highest BCUT2D eigenvalue weighted by Crippen LogP contribution is 2.77. The quantitative estimate of drug-likeness (QED) is 0.285. The number of ketones is 1. The molecule has 4 fully saturated rings. The SMILES string of the molecule is CCC(=O)O[C@@H]1C2[C@H](OC(C)=O)[C@@H](COC(=O)c3cccnc3)[C@H](OC(=O)c3ccccc3)[C@H]3C(=O)C2(C[C@H]1C)[C@@](C)(O)C[C@]1(OC(C)=O)[C@H]3C1(C)C. The lowest BCUT2D eigenvalue weighted by atomic mass is 9.59. The molecule has 4 aliphatic carbocycles. The summed E-state index contributed by atoms with van der Waals surface area (Å²) < 4.78 is 30.6. The van der Waals surface area contributed by atoms with Gasteiger partial charge < -0.3 is 28.8 Å². The predicted octanol–water partition coefficient (Wildman–Crippen LogP) is 4.29. The lowest BCUT2D eigenvalue weighted by Crippen LogP contribution is -2.60. The van der Waals surface area contributed by atoms with Gasteiger partial charge in [-0.1, -0.05) is 45.9 Å². The van der Waals surface area contributed by atoms with Gasteiger partial charge >= 0.3 is 29.8 Å². The number of esters is 5. The zero-order chi connectivity index (χ0) is 38.7. The van der Waals surface area contributed by atoms with Crippen molar-refractivity contribution in [3.63, 3.8) is 0 Å². The van der Waals surface area contributed by atoms with Crippen LogP contribution in [0.5, 0.6) is 0 Å². The van der Waals surface area contributed by atoms with Crippen LogP contribution in [-0.4, -0.2) is 81.8 Å². The van der Waals surface area contributed by atoms with Crippen molar-refractivity contribution in [1.82, 2.24) is 4.98 Å². The number of hydrogen-bond acceptors (Lipinski definition) is 13. The van der Waals surface area contributed by atoms with Crippen LogP contribution >= 0.6 is 0 Å². The summed E-state index contributed by atoms with van der Waals surface area (Å²) in [5.41, 5.74) is -5.74. The number of fused-ring (bicyclic) bond motifs is 3. The van der Waals surface area contributed by atoms with Crippen LogP contribution < -0.4 is 0 Å². The first kappa shape index (κ1) is 38.1. The third kappa shape index (κ3) is 6.10. The summed E-state index contributed by atoms with van der Waals surface area (Å²) >= 11 is 0. The standard InChI is InChI=1S/C40H47NO12/c1-8-27(44)51-30-21(2)17-39-29(30)32(50-22(3)42)26(19-49-35(46)25-15-12-16-41-18-25)31(52-36(47)24-13-10-9-11-14-24)28(34(39)45)33-37(5,6)40(33,53-23(4)43)20-38(39,7)48/h9-16,18,21,26,28-33,48H,8,17,19-20H2,1-7H3/t21-,26+,28-,29?,30+,31+,32-,33-,38+,39?,40+/m1/s1. The molecule has 1 N–H and O–H groups in total. The van der Waals surface area contributed by atoms with Crippen LogP contribution in [0.2, 0.25) is 0 Å². The van der Waals surface area contributed by atoms with E-state index >= 15 is 4.79 Å². The Kier molecular flexibility index (Phi) is 9.80. The smallest absolute Gasteiger partial charge is 0.339 e. The third-order valence-corrected chi connectivity index (χ3v) is 12.4. The zero-order valence-electron chi connectivity index (χ0n) is 31.0. The highest BCUT2D eigenvalue weighted by atomic mass is 16.6. The number of hydrogen-bond donors (Lipinski definition) is 1. The molecular formula is C40H47NO12. The lowest BCUT2D eigenvalue weighted by molar-refractivity contribution is -0.195. The molecule has 1 aromatic heterocycles. The third-order valence-electron chi connectivity index (χ3n) is 12.4. The molecule has 1 heterocycles. The van der Waals surface area contributed by atoms with Crippen LogP contribution in [0.15, 0.2) is 54.9 Å². The van der Waals surface area contributed by atoms with E-state index < -0.39 is 112 Å². The molecule has 4 saturated carbocycles. The summed E-state index contributed by atoms with van der Waals surface area (Å²) in [6, 6.07) is 11.2. The number of carbonyl (C=O) groups is 6. The van der Waals surface area contributed by atoms with Crippen LogP contribution in [0.25, 0.3) is 0 Å². The van der Waals surface area contributed by atoms with Crippen LogP contribution in [-0.2, 0) is 42.9 Å². The fraction of sp³-hybridized carbons (Fsp3) is 0.575. The minimum atomic E-state index is -1.94. The maximum absolute atomic E-state index is 15.8. The van der Waals surface area contributed by atoms with Crippen LogP contribution in [0.1, 0.15) is 88.4 Å². The molecule has 284 valence electrons. The Morgan fingerprint density at radius 2 is 1.55 bits per heavy atom. The summed E-state index contributed by atoms with van der Waals surface area (Å²) in [6.07, 6.45) is -1.25. The van der Waals surface area contributed by atoms with E-state index in [4.69, 9.17) is 23.7 Å². The molecule has 1 spiro atoms. The Bertz CT molecular complexity index is 1790. The molecule has 11 atom stereocenters. The van der Waals surface area contributed by atoms with Gasteiger partial charge in [0.2, 0.25) is 0 Å². The van der Waals surface area contributed by atoms with Crippen molar-refractivity contribution in [3.8, 4) is 0 Å². The monoisotopic (exact) mass is 733 g/mol. The molecule has 2 unspecified atom stereocenters. The van der Waals surface area contributed by atoms with Crippen LogP contribution in [0.4, 0.5) is 0 Å². The number of aliphatic hydroxyl groups is 1. The average Bonchev–Trinajstić information content (AvgIpc) is 3.42. The number of pyridine rings is 1. The molecule has 53 heavy (non-hydrogen) atoms. The van der Waals surface area contributed by atoms with Gasteiger partial charge in [0.15, 0.2) is 0 Å². The Morgan fingerprint density at radius 3 is 2.15 bits per heavy atom. The van der Waals surface area contributed by atoms with Crippen LogP contribution in [0, 0.1) is 40.4 Å².